The number of benzene rings is 2. The molecule has 0 amide bonds. The lowest BCUT2D eigenvalue weighted by atomic mass is 10.1. The van der Waals surface area contributed by atoms with Crippen LogP contribution in [0.4, 0.5) is 0 Å². The van der Waals surface area contributed by atoms with E-state index >= 15 is 0 Å². The van der Waals surface area contributed by atoms with Crippen molar-refractivity contribution in [1.29, 1.82) is 0 Å². The molecule has 0 aliphatic rings. The third-order valence-corrected chi connectivity index (χ3v) is 2.73. The smallest absolute Gasteiger partial charge is 0.0112 e. The van der Waals surface area contributed by atoms with Crippen LogP contribution < -0.4 is 10.6 Å². The highest BCUT2D eigenvalue weighted by atomic mass is 31.0. The minimum absolute atomic E-state index is 1.23. The Labute approximate surface area is 76.8 Å². The molecule has 0 nitrogen and oxygen atoms in total. The van der Waals surface area contributed by atoms with E-state index in [1.165, 1.54) is 21.4 Å². The number of hydrogen-bond acceptors (Lipinski definition) is 0. The quantitative estimate of drug-likeness (QED) is 0.559. The van der Waals surface area contributed by atoms with Crippen LogP contribution in [0.2, 0.25) is 0 Å². The summed E-state index contributed by atoms with van der Waals surface area (Å²) >= 11 is 0. The zero-order chi connectivity index (χ0) is 8.55. The van der Waals surface area contributed by atoms with Crippen LogP contribution in [0.3, 0.4) is 0 Å². The first-order valence-electron chi connectivity index (χ1n) is 3.81. The Hall–Kier alpha value is -0.440. The zero-order valence-corrected chi connectivity index (χ0v) is 8.93. The van der Waals surface area contributed by atoms with Gasteiger partial charge in [0, 0.05) is 0 Å². The van der Waals surface area contributed by atoms with Crippen molar-refractivity contribution in [3.05, 3.63) is 36.4 Å². The summed E-state index contributed by atoms with van der Waals surface area (Å²) in [6, 6.07) is 12.7. The monoisotopic (exact) mass is 192 g/mol. The highest BCUT2D eigenvalue weighted by Gasteiger charge is 1.96. The second-order valence-electron chi connectivity index (χ2n) is 2.83. The lowest BCUT2D eigenvalue weighted by Gasteiger charge is -2.02. The SMILES string of the molecule is Pc1cc(P)c2ccccc2c1. The van der Waals surface area contributed by atoms with E-state index in [0.29, 0.717) is 0 Å². The summed E-state index contributed by atoms with van der Waals surface area (Å²) in [7, 11) is 5.49. The van der Waals surface area contributed by atoms with Crippen LogP contribution in [0.15, 0.2) is 36.4 Å². The van der Waals surface area contributed by atoms with E-state index in [2.05, 4.69) is 54.9 Å². The molecular weight excluding hydrogens is 182 g/mol. The van der Waals surface area contributed by atoms with Gasteiger partial charge in [-0.05, 0) is 33.5 Å². The van der Waals surface area contributed by atoms with Crippen molar-refractivity contribution in [2.24, 2.45) is 0 Å². The van der Waals surface area contributed by atoms with Crippen LogP contribution in [0.5, 0.6) is 0 Å². The van der Waals surface area contributed by atoms with Gasteiger partial charge in [-0.15, -0.1) is 18.5 Å². The summed E-state index contributed by atoms with van der Waals surface area (Å²) in [4.78, 5) is 0. The molecule has 2 rings (SSSR count). The first-order valence-corrected chi connectivity index (χ1v) is 4.96. The molecule has 0 N–H and O–H groups in total. The number of hydrogen-bond donors (Lipinski definition) is 0. The van der Waals surface area contributed by atoms with Gasteiger partial charge in [-0.2, -0.15) is 0 Å². The molecule has 0 heterocycles. The third kappa shape index (κ3) is 1.38. The van der Waals surface area contributed by atoms with Crippen LogP contribution in [0.1, 0.15) is 0 Å². The number of fused-ring (bicyclic) bond motifs is 1. The van der Waals surface area contributed by atoms with Crippen LogP contribution in [-0.2, 0) is 0 Å². The predicted octanol–water partition coefficient (Wildman–Crippen LogP) is 1.84. The maximum atomic E-state index is 2.76. The molecule has 2 aromatic rings. The van der Waals surface area contributed by atoms with Gasteiger partial charge in [0.05, 0.1) is 0 Å². The second kappa shape index (κ2) is 3.13. The molecule has 60 valence electrons. The van der Waals surface area contributed by atoms with E-state index in [1.807, 2.05) is 0 Å². The molecule has 0 aliphatic heterocycles. The van der Waals surface area contributed by atoms with Gasteiger partial charge in [-0.3, -0.25) is 0 Å². The van der Waals surface area contributed by atoms with Crippen molar-refractivity contribution < 1.29 is 0 Å². The molecular formula is C10H10P2. The second-order valence-corrected chi connectivity index (χ2v) is 4.12. The summed E-state index contributed by atoms with van der Waals surface area (Å²) in [6.45, 7) is 0. The minimum Gasteiger partial charge on any atom is -0.106 e. The molecule has 0 radical (unpaired) electrons. The average Bonchev–Trinajstić information content (AvgIpc) is 2.04. The molecule has 2 atom stereocenters. The van der Waals surface area contributed by atoms with Crippen molar-refractivity contribution in [3.8, 4) is 0 Å². The fraction of sp³-hybridized carbons (Fsp3) is 0. The molecule has 0 saturated carbocycles. The minimum atomic E-state index is 1.23. The Morgan fingerprint density at radius 3 is 2.50 bits per heavy atom. The molecule has 0 spiro atoms. The van der Waals surface area contributed by atoms with Gasteiger partial charge in [0.25, 0.3) is 0 Å². The molecule has 2 heteroatoms. The maximum Gasteiger partial charge on any atom is -0.0112 e. The highest BCUT2D eigenvalue weighted by Crippen LogP contribution is 2.12. The molecule has 2 aromatic carbocycles. The third-order valence-electron chi connectivity index (χ3n) is 1.92. The Bertz CT molecular complexity index is 421. The van der Waals surface area contributed by atoms with E-state index in [-0.39, 0.29) is 0 Å². The summed E-state index contributed by atoms with van der Waals surface area (Å²) < 4.78 is 0. The molecule has 0 bridgehead atoms. The van der Waals surface area contributed by atoms with Gasteiger partial charge in [0.15, 0.2) is 0 Å². The van der Waals surface area contributed by atoms with Gasteiger partial charge in [0.2, 0.25) is 0 Å². The van der Waals surface area contributed by atoms with E-state index in [9.17, 15) is 0 Å². The molecule has 2 unspecified atom stereocenters. The standard InChI is InChI=1S/C10H10P2/c11-8-5-7-3-1-2-4-9(7)10(12)6-8/h1-6H,11-12H2. The lowest BCUT2D eigenvalue weighted by molar-refractivity contribution is 1.81. The normalized spacial score (nSPS) is 10.5. The zero-order valence-electron chi connectivity index (χ0n) is 6.62. The summed E-state index contributed by atoms with van der Waals surface area (Å²) in [6.07, 6.45) is 0. The van der Waals surface area contributed by atoms with Gasteiger partial charge < -0.3 is 0 Å². The fourth-order valence-corrected chi connectivity index (χ4v) is 2.37. The summed E-state index contributed by atoms with van der Waals surface area (Å²) in [5.41, 5.74) is 0. The topological polar surface area (TPSA) is 0 Å². The van der Waals surface area contributed by atoms with E-state index in [4.69, 9.17) is 0 Å². The molecule has 0 saturated heterocycles. The predicted molar refractivity (Wildman–Crippen MR) is 62.6 cm³/mol. The van der Waals surface area contributed by atoms with Gasteiger partial charge in [-0.1, -0.05) is 24.3 Å². The molecule has 0 aliphatic carbocycles. The first kappa shape index (κ1) is 8.17. The summed E-state index contributed by atoms with van der Waals surface area (Å²) in [5, 5.41) is 5.11. The number of rotatable bonds is 0. The highest BCUT2D eigenvalue weighted by molar-refractivity contribution is 7.30. The van der Waals surface area contributed by atoms with Gasteiger partial charge >= 0.3 is 0 Å². The Balaban J connectivity index is 2.89. The van der Waals surface area contributed by atoms with Crippen molar-refractivity contribution in [2.75, 3.05) is 0 Å². The van der Waals surface area contributed by atoms with Crippen molar-refractivity contribution in [3.63, 3.8) is 0 Å². The van der Waals surface area contributed by atoms with Gasteiger partial charge in [-0.25, -0.2) is 0 Å². The van der Waals surface area contributed by atoms with Crippen molar-refractivity contribution >= 4 is 39.9 Å². The van der Waals surface area contributed by atoms with E-state index < -0.39 is 0 Å². The van der Waals surface area contributed by atoms with E-state index in [0.717, 1.165) is 0 Å². The Kier molecular flexibility index (Phi) is 2.13. The van der Waals surface area contributed by atoms with Crippen molar-refractivity contribution in [2.45, 2.75) is 0 Å². The molecule has 12 heavy (non-hydrogen) atoms. The van der Waals surface area contributed by atoms with E-state index in [1.54, 1.807) is 0 Å². The molecule has 0 aromatic heterocycles. The fourth-order valence-electron chi connectivity index (χ4n) is 1.36. The largest absolute Gasteiger partial charge is 0.106 e. The first-order chi connectivity index (χ1) is 5.77. The summed E-state index contributed by atoms with van der Waals surface area (Å²) in [5.74, 6) is 0. The lowest BCUT2D eigenvalue weighted by Crippen LogP contribution is -2.01. The van der Waals surface area contributed by atoms with Crippen LogP contribution in [-0.4, -0.2) is 0 Å². The van der Waals surface area contributed by atoms with Crippen molar-refractivity contribution in [1.82, 2.24) is 0 Å². The van der Waals surface area contributed by atoms with Crippen LogP contribution in [0, 0.1) is 0 Å². The van der Waals surface area contributed by atoms with Gasteiger partial charge in [0.1, 0.15) is 0 Å². The average molecular weight is 192 g/mol. The van der Waals surface area contributed by atoms with Crippen LogP contribution >= 0.6 is 18.5 Å². The molecule has 0 fully saturated rings. The maximum absolute atomic E-state index is 2.76. The Morgan fingerprint density at radius 1 is 0.917 bits per heavy atom. The van der Waals surface area contributed by atoms with Crippen LogP contribution in [0.25, 0.3) is 10.8 Å². The Morgan fingerprint density at radius 2 is 1.67 bits per heavy atom.